The van der Waals surface area contributed by atoms with Crippen molar-refractivity contribution < 1.29 is 13.9 Å². The molecule has 0 spiro atoms. The molecule has 5 nitrogen and oxygen atoms in total. The minimum absolute atomic E-state index is 0.0279. The average Bonchev–Trinajstić information content (AvgIpc) is 2.97. The average molecular weight is 303 g/mol. The third kappa shape index (κ3) is 3.51. The Labute approximate surface area is 128 Å². The van der Waals surface area contributed by atoms with Gasteiger partial charge in [-0.1, -0.05) is 18.2 Å². The summed E-state index contributed by atoms with van der Waals surface area (Å²) in [7, 11) is 1.57. The molecule has 0 radical (unpaired) electrons. The molecule has 1 saturated heterocycles. The summed E-state index contributed by atoms with van der Waals surface area (Å²) in [6.07, 6.45) is 4.06. The first-order valence-corrected chi connectivity index (χ1v) is 7.23. The van der Waals surface area contributed by atoms with Crippen LogP contribution in [-0.4, -0.2) is 41.2 Å². The Hall–Kier alpha value is -2.21. The molecule has 1 aliphatic rings. The molecule has 0 N–H and O–H groups in total. The fourth-order valence-electron chi connectivity index (χ4n) is 2.52. The molecule has 1 aromatic carbocycles. The third-order valence-corrected chi connectivity index (χ3v) is 3.69. The van der Waals surface area contributed by atoms with Crippen LogP contribution in [0.25, 0.3) is 0 Å². The Morgan fingerprint density at radius 2 is 2.05 bits per heavy atom. The maximum atomic E-state index is 13.7. The number of aromatic nitrogens is 2. The molecular weight excluding hydrogens is 285 g/mol. The van der Waals surface area contributed by atoms with Gasteiger partial charge in [-0.05, 0) is 12.5 Å². The summed E-state index contributed by atoms with van der Waals surface area (Å²) in [4.78, 5) is 10.4. The Morgan fingerprint density at radius 3 is 2.77 bits per heavy atom. The van der Waals surface area contributed by atoms with Crippen LogP contribution >= 0.6 is 0 Å². The second-order valence-electron chi connectivity index (χ2n) is 5.26. The first-order valence-electron chi connectivity index (χ1n) is 7.23. The van der Waals surface area contributed by atoms with E-state index in [2.05, 4.69) is 14.9 Å². The molecule has 1 fully saturated rings. The fraction of sp³-hybridized carbons (Fsp3) is 0.375. The lowest BCUT2D eigenvalue weighted by molar-refractivity contribution is 0.182. The van der Waals surface area contributed by atoms with Crippen LogP contribution in [-0.2, 0) is 6.54 Å². The fourth-order valence-corrected chi connectivity index (χ4v) is 2.52. The summed E-state index contributed by atoms with van der Waals surface area (Å²) in [5, 5.41) is 0. The molecule has 1 aromatic heterocycles. The van der Waals surface area contributed by atoms with Crippen molar-refractivity contribution in [2.45, 2.75) is 19.1 Å². The van der Waals surface area contributed by atoms with E-state index in [4.69, 9.17) is 9.47 Å². The summed E-state index contributed by atoms with van der Waals surface area (Å²) >= 11 is 0. The van der Waals surface area contributed by atoms with Crippen molar-refractivity contribution in [3.8, 4) is 11.8 Å². The van der Waals surface area contributed by atoms with Crippen molar-refractivity contribution in [1.29, 1.82) is 0 Å². The van der Waals surface area contributed by atoms with Crippen molar-refractivity contribution in [3.63, 3.8) is 0 Å². The number of benzene rings is 1. The van der Waals surface area contributed by atoms with Crippen LogP contribution in [0.15, 0.2) is 36.7 Å². The largest absolute Gasteiger partial charge is 0.494 e. The van der Waals surface area contributed by atoms with Crippen molar-refractivity contribution >= 4 is 0 Å². The standard InChI is InChI=1S/C16H18FN3O2/c1-21-14-8-18-16(19-9-14)22-13-6-7-20(11-13)10-12-4-2-3-5-15(12)17/h2-5,8-9,13H,6-7,10-11H2,1H3. The minimum atomic E-state index is -0.162. The van der Waals surface area contributed by atoms with E-state index in [-0.39, 0.29) is 11.9 Å². The summed E-state index contributed by atoms with van der Waals surface area (Å²) in [5.74, 6) is 0.435. The van der Waals surface area contributed by atoms with Crippen molar-refractivity contribution in [2.24, 2.45) is 0 Å². The van der Waals surface area contributed by atoms with E-state index in [1.165, 1.54) is 6.07 Å². The molecule has 22 heavy (non-hydrogen) atoms. The number of nitrogens with zero attached hydrogens (tertiary/aromatic N) is 3. The van der Waals surface area contributed by atoms with Crippen molar-refractivity contribution in [2.75, 3.05) is 20.2 Å². The Morgan fingerprint density at radius 1 is 1.27 bits per heavy atom. The molecule has 2 heterocycles. The Bertz CT molecular complexity index is 621. The number of likely N-dealkylation sites (tertiary alicyclic amines) is 1. The number of hydrogen-bond donors (Lipinski definition) is 0. The van der Waals surface area contributed by atoms with Gasteiger partial charge in [-0.3, -0.25) is 4.90 Å². The van der Waals surface area contributed by atoms with Crippen molar-refractivity contribution in [1.82, 2.24) is 14.9 Å². The molecule has 0 aliphatic carbocycles. The van der Waals surface area contributed by atoms with E-state index in [9.17, 15) is 4.39 Å². The molecular formula is C16H18FN3O2. The predicted octanol–water partition coefficient (Wildman–Crippen LogP) is 2.28. The van der Waals surface area contributed by atoms with Gasteiger partial charge in [0.15, 0.2) is 5.75 Å². The number of halogens is 1. The van der Waals surface area contributed by atoms with Gasteiger partial charge < -0.3 is 9.47 Å². The maximum absolute atomic E-state index is 13.7. The second-order valence-corrected chi connectivity index (χ2v) is 5.26. The molecule has 1 atom stereocenters. The van der Waals surface area contributed by atoms with Gasteiger partial charge in [0.05, 0.1) is 19.5 Å². The molecule has 116 valence electrons. The zero-order valence-electron chi connectivity index (χ0n) is 12.4. The number of rotatable bonds is 5. The SMILES string of the molecule is COc1cnc(OC2CCN(Cc3ccccc3F)C2)nc1. The van der Waals surface area contributed by atoms with E-state index in [0.29, 0.717) is 23.9 Å². The Balaban J connectivity index is 1.54. The summed E-state index contributed by atoms with van der Waals surface area (Å²) in [6.45, 7) is 2.20. The molecule has 2 aromatic rings. The summed E-state index contributed by atoms with van der Waals surface area (Å²) in [5.41, 5.74) is 0.712. The van der Waals surface area contributed by atoms with Gasteiger partial charge in [0.1, 0.15) is 11.9 Å². The van der Waals surface area contributed by atoms with E-state index >= 15 is 0 Å². The molecule has 1 unspecified atom stereocenters. The molecule has 1 aliphatic heterocycles. The van der Waals surface area contributed by atoms with Crippen LogP contribution in [0, 0.1) is 5.82 Å². The lowest BCUT2D eigenvalue weighted by atomic mass is 10.2. The van der Waals surface area contributed by atoms with Gasteiger partial charge in [0.25, 0.3) is 0 Å². The zero-order valence-corrected chi connectivity index (χ0v) is 12.4. The smallest absolute Gasteiger partial charge is 0.316 e. The second kappa shape index (κ2) is 6.70. The molecule has 3 rings (SSSR count). The van der Waals surface area contributed by atoms with Crippen LogP contribution in [0.4, 0.5) is 4.39 Å². The van der Waals surface area contributed by atoms with Gasteiger partial charge in [0, 0.05) is 25.2 Å². The number of hydrogen-bond acceptors (Lipinski definition) is 5. The number of methoxy groups -OCH3 is 1. The van der Waals surface area contributed by atoms with Gasteiger partial charge in [-0.25, -0.2) is 4.39 Å². The van der Waals surface area contributed by atoms with E-state index in [0.717, 1.165) is 19.5 Å². The van der Waals surface area contributed by atoms with E-state index in [1.54, 1.807) is 25.6 Å². The van der Waals surface area contributed by atoms with Gasteiger partial charge in [-0.15, -0.1) is 0 Å². The highest BCUT2D eigenvalue weighted by Crippen LogP contribution is 2.19. The van der Waals surface area contributed by atoms with Crippen LogP contribution in [0.3, 0.4) is 0 Å². The normalized spacial score (nSPS) is 18.4. The van der Waals surface area contributed by atoms with Gasteiger partial charge in [0.2, 0.25) is 0 Å². The highest BCUT2D eigenvalue weighted by molar-refractivity contribution is 5.17. The van der Waals surface area contributed by atoms with Crippen LogP contribution in [0.2, 0.25) is 0 Å². The van der Waals surface area contributed by atoms with Crippen molar-refractivity contribution in [3.05, 3.63) is 48.0 Å². The molecule has 0 saturated carbocycles. The summed E-state index contributed by atoms with van der Waals surface area (Å²) < 4.78 is 24.4. The zero-order chi connectivity index (χ0) is 15.4. The van der Waals surface area contributed by atoms with Gasteiger partial charge in [-0.2, -0.15) is 9.97 Å². The van der Waals surface area contributed by atoms with Crippen LogP contribution < -0.4 is 9.47 Å². The Kier molecular flexibility index (Phi) is 4.48. The quantitative estimate of drug-likeness (QED) is 0.848. The monoisotopic (exact) mass is 303 g/mol. The molecule has 0 amide bonds. The third-order valence-electron chi connectivity index (χ3n) is 3.69. The first kappa shape index (κ1) is 14.7. The number of ether oxygens (including phenoxy) is 2. The van der Waals surface area contributed by atoms with E-state index < -0.39 is 0 Å². The van der Waals surface area contributed by atoms with Gasteiger partial charge >= 0.3 is 6.01 Å². The van der Waals surface area contributed by atoms with Crippen LogP contribution in [0.1, 0.15) is 12.0 Å². The lowest BCUT2D eigenvalue weighted by Crippen LogP contribution is -2.25. The highest BCUT2D eigenvalue weighted by Gasteiger charge is 2.25. The first-order chi connectivity index (χ1) is 10.7. The minimum Gasteiger partial charge on any atom is -0.494 e. The summed E-state index contributed by atoms with van der Waals surface area (Å²) in [6, 6.07) is 7.21. The van der Waals surface area contributed by atoms with Crippen LogP contribution in [0.5, 0.6) is 11.8 Å². The lowest BCUT2D eigenvalue weighted by Gasteiger charge is -2.16. The molecule has 0 bridgehead atoms. The highest BCUT2D eigenvalue weighted by atomic mass is 19.1. The molecule has 6 heteroatoms. The maximum Gasteiger partial charge on any atom is 0.316 e. The topological polar surface area (TPSA) is 47.5 Å². The predicted molar refractivity (Wildman–Crippen MR) is 79.3 cm³/mol. The van der Waals surface area contributed by atoms with E-state index in [1.807, 2.05) is 12.1 Å².